The number of carbonyl (C=O) groups excluding carboxylic acids is 1. The highest BCUT2D eigenvalue weighted by Crippen LogP contribution is 2.30. The predicted molar refractivity (Wildman–Crippen MR) is 85.7 cm³/mol. The third-order valence-electron chi connectivity index (χ3n) is 4.54. The van der Waals surface area contributed by atoms with E-state index in [1.807, 2.05) is 0 Å². The van der Waals surface area contributed by atoms with Crippen LogP contribution in [0.1, 0.15) is 43.4 Å². The molecule has 0 aromatic heterocycles. The molecule has 1 amide bonds. The molecule has 2 rings (SSSR count). The first kappa shape index (κ1) is 16.0. The van der Waals surface area contributed by atoms with Gasteiger partial charge in [0.05, 0.1) is 5.92 Å². The fraction of sp³-hybridized carbons (Fsp3) is 0.588. The first-order valence-corrected chi connectivity index (χ1v) is 7.88. The smallest absolute Gasteiger partial charge is 0.221 e. The summed E-state index contributed by atoms with van der Waals surface area (Å²) < 4.78 is 0. The van der Waals surface area contributed by atoms with Gasteiger partial charge < -0.3 is 11.5 Å². The standard InChI is InChI=1S/C17H27N3O/c1-3-15(18)16(13-8-6-12(2)7-9-13)20-10-4-5-14(11-20)17(19)21/h6-9,14-16H,3-5,10-11,18H2,1-2H3,(H2,19,21). The molecule has 4 nitrogen and oxygen atoms in total. The summed E-state index contributed by atoms with van der Waals surface area (Å²) in [4.78, 5) is 13.9. The lowest BCUT2D eigenvalue weighted by atomic mass is 9.90. The molecule has 4 heteroatoms. The second-order valence-electron chi connectivity index (χ2n) is 6.16. The number of nitrogens with zero attached hydrogens (tertiary/aromatic N) is 1. The van der Waals surface area contributed by atoms with E-state index in [1.54, 1.807) is 0 Å². The Labute approximate surface area is 127 Å². The maximum atomic E-state index is 11.5. The number of hydrogen-bond donors (Lipinski definition) is 2. The molecular weight excluding hydrogens is 262 g/mol. The van der Waals surface area contributed by atoms with Gasteiger partial charge in [-0.15, -0.1) is 0 Å². The third-order valence-corrected chi connectivity index (χ3v) is 4.54. The largest absolute Gasteiger partial charge is 0.369 e. The molecule has 0 bridgehead atoms. The van der Waals surface area contributed by atoms with Crippen molar-refractivity contribution in [3.63, 3.8) is 0 Å². The summed E-state index contributed by atoms with van der Waals surface area (Å²) in [5.41, 5.74) is 14.4. The topological polar surface area (TPSA) is 72.3 Å². The van der Waals surface area contributed by atoms with Crippen LogP contribution in [0.2, 0.25) is 0 Å². The Morgan fingerprint density at radius 2 is 2.05 bits per heavy atom. The van der Waals surface area contributed by atoms with Crippen LogP contribution in [0.5, 0.6) is 0 Å². The Bertz CT molecular complexity index is 471. The molecular formula is C17H27N3O. The van der Waals surface area contributed by atoms with Crippen LogP contribution in [-0.4, -0.2) is 29.9 Å². The van der Waals surface area contributed by atoms with E-state index < -0.39 is 0 Å². The second-order valence-corrected chi connectivity index (χ2v) is 6.16. The Balaban J connectivity index is 2.23. The van der Waals surface area contributed by atoms with E-state index in [0.29, 0.717) is 0 Å². The zero-order valence-corrected chi connectivity index (χ0v) is 13.1. The number of carbonyl (C=O) groups is 1. The number of piperidine rings is 1. The quantitative estimate of drug-likeness (QED) is 0.870. The van der Waals surface area contributed by atoms with E-state index in [4.69, 9.17) is 11.5 Å². The van der Waals surface area contributed by atoms with Gasteiger partial charge in [0.15, 0.2) is 0 Å². The van der Waals surface area contributed by atoms with Crippen molar-refractivity contribution in [3.8, 4) is 0 Å². The first-order valence-electron chi connectivity index (χ1n) is 7.88. The van der Waals surface area contributed by atoms with Gasteiger partial charge in [0.25, 0.3) is 0 Å². The third kappa shape index (κ3) is 3.83. The average Bonchev–Trinajstić information content (AvgIpc) is 2.49. The zero-order valence-electron chi connectivity index (χ0n) is 13.1. The van der Waals surface area contributed by atoms with E-state index in [2.05, 4.69) is 43.0 Å². The minimum atomic E-state index is -0.188. The molecule has 3 unspecified atom stereocenters. The number of aryl methyl sites for hydroxylation is 1. The molecule has 0 aliphatic carbocycles. The van der Waals surface area contributed by atoms with E-state index in [-0.39, 0.29) is 23.9 Å². The monoisotopic (exact) mass is 289 g/mol. The lowest BCUT2D eigenvalue weighted by Crippen LogP contribution is -2.48. The summed E-state index contributed by atoms with van der Waals surface area (Å²) >= 11 is 0. The Hall–Kier alpha value is -1.39. The van der Waals surface area contributed by atoms with E-state index in [9.17, 15) is 4.79 Å². The van der Waals surface area contributed by atoms with Crippen LogP contribution in [0.4, 0.5) is 0 Å². The van der Waals surface area contributed by atoms with Crippen LogP contribution in [0.25, 0.3) is 0 Å². The maximum Gasteiger partial charge on any atom is 0.221 e. The number of nitrogens with two attached hydrogens (primary N) is 2. The second kappa shape index (κ2) is 7.05. The van der Waals surface area contributed by atoms with Gasteiger partial charge in [0.2, 0.25) is 5.91 Å². The van der Waals surface area contributed by atoms with Crippen molar-refractivity contribution in [1.29, 1.82) is 0 Å². The minimum Gasteiger partial charge on any atom is -0.369 e. The summed E-state index contributed by atoms with van der Waals surface area (Å²) in [6, 6.07) is 8.80. The SMILES string of the molecule is CCC(N)C(c1ccc(C)cc1)N1CCCC(C(N)=O)C1. The molecule has 1 aromatic carbocycles. The van der Waals surface area contributed by atoms with Crippen LogP contribution in [-0.2, 0) is 4.79 Å². The molecule has 1 fully saturated rings. The van der Waals surface area contributed by atoms with Gasteiger partial charge in [-0.3, -0.25) is 9.69 Å². The minimum absolute atomic E-state index is 0.0456. The lowest BCUT2D eigenvalue weighted by molar-refractivity contribution is -0.123. The van der Waals surface area contributed by atoms with Crippen LogP contribution in [0.3, 0.4) is 0 Å². The molecule has 1 heterocycles. The first-order chi connectivity index (χ1) is 10.0. The zero-order chi connectivity index (χ0) is 15.4. The molecule has 4 N–H and O–H groups in total. The highest BCUT2D eigenvalue weighted by atomic mass is 16.1. The van der Waals surface area contributed by atoms with Crippen molar-refractivity contribution in [3.05, 3.63) is 35.4 Å². The van der Waals surface area contributed by atoms with Gasteiger partial charge in [-0.1, -0.05) is 36.8 Å². The molecule has 1 aliphatic rings. The van der Waals surface area contributed by atoms with Gasteiger partial charge in [0.1, 0.15) is 0 Å². The number of primary amides is 1. The van der Waals surface area contributed by atoms with Crippen molar-refractivity contribution in [2.45, 2.75) is 45.2 Å². The fourth-order valence-corrected chi connectivity index (χ4v) is 3.21. The van der Waals surface area contributed by atoms with Crippen LogP contribution in [0, 0.1) is 12.8 Å². The summed E-state index contributed by atoms with van der Waals surface area (Å²) in [5, 5.41) is 0. The summed E-state index contributed by atoms with van der Waals surface area (Å²) in [7, 11) is 0. The molecule has 0 saturated carbocycles. The van der Waals surface area contributed by atoms with Crippen LogP contribution < -0.4 is 11.5 Å². The van der Waals surface area contributed by atoms with Crippen molar-refractivity contribution in [2.24, 2.45) is 17.4 Å². The molecule has 21 heavy (non-hydrogen) atoms. The molecule has 1 saturated heterocycles. The van der Waals surface area contributed by atoms with Gasteiger partial charge in [-0.2, -0.15) is 0 Å². The van der Waals surface area contributed by atoms with E-state index >= 15 is 0 Å². The molecule has 0 spiro atoms. The average molecular weight is 289 g/mol. The van der Waals surface area contributed by atoms with Crippen LogP contribution >= 0.6 is 0 Å². The van der Waals surface area contributed by atoms with E-state index in [1.165, 1.54) is 11.1 Å². The molecule has 1 aliphatic heterocycles. The lowest BCUT2D eigenvalue weighted by Gasteiger charge is -2.40. The van der Waals surface area contributed by atoms with Gasteiger partial charge in [0, 0.05) is 18.6 Å². The van der Waals surface area contributed by atoms with Crippen molar-refractivity contribution < 1.29 is 4.79 Å². The normalized spacial score (nSPS) is 22.7. The molecule has 3 atom stereocenters. The Morgan fingerprint density at radius 1 is 1.38 bits per heavy atom. The Morgan fingerprint density at radius 3 is 2.62 bits per heavy atom. The number of likely N-dealkylation sites (tertiary alicyclic amines) is 1. The van der Waals surface area contributed by atoms with Gasteiger partial charge in [-0.25, -0.2) is 0 Å². The van der Waals surface area contributed by atoms with Crippen molar-refractivity contribution in [1.82, 2.24) is 4.90 Å². The summed E-state index contributed by atoms with van der Waals surface area (Å²) in [6.45, 7) is 5.90. The number of amides is 1. The maximum absolute atomic E-state index is 11.5. The summed E-state index contributed by atoms with van der Waals surface area (Å²) in [5.74, 6) is -0.233. The fourth-order valence-electron chi connectivity index (χ4n) is 3.21. The molecule has 116 valence electrons. The Kier molecular flexibility index (Phi) is 5.37. The molecule has 0 radical (unpaired) electrons. The van der Waals surface area contributed by atoms with Gasteiger partial charge in [-0.05, 0) is 38.3 Å². The molecule has 1 aromatic rings. The van der Waals surface area contributed by atoms with Crippen molar-refractivity contribution >= 4 is 5.91 Å². The number of hydrogen-bond acceptors (Lipinski definition) is 3. The summed E-state index contributed by atoms with van der Waals surface area (Å²) in [6.07, 6.45) is 2.82. The number of rotatable bonds is 5. The van der Waals surface area contributed by atoms with E-state index in [0.717, 1.165) is 32.4 Å². The van der Waals surface area contributed by atoms with Gasteiger partial charge >= 0.3 is 0 Å². The van der Waals surface area contributed by atoms with Crippen LogP contribution in [0.15, 0.2) is 24.3 Å². The number of benzene rings is 1. The highest BCUT2D eigenvalue weighted by Gasteiger charge is 2.31. The predicted octanol–water partition coefficient (Wildman–Crippen LogP) is 1.97. The highest BCUT2D eigenvalue weighted by molar-refractivity contribution is 5.76. The van der Waals surface area contributed by atoms with Crippen molar-refractivity contribution in [2.75, 3.05) is 13.1 Å².